The molecule has 4 heteroatoms. The third-order valence-electron chi connectivity index (χ3n) is 4.57. The van der Waals surface area contributed by atoms with Gasteiger partial charge in [0.1, 0.15) is 5.75 Å². The number of hydrogen-bond acceptors (Lipinski definition) is 3. The molecular formula is C20H32N2O2. The van der Waals surface area contributed by atoms with Crippen LogP contribution >= 0.6 is 0 Å². The van der Waals surface area contributed by atoms with Gasteiger partial charge in [0.15, 0.2) is 0 Å². The highest BCUT2D eigenvalue weighted by Crippen LogP contribution is 2.24. The monoisotopic (exact) mass is 332 g/mol. The van der Waals surface area contributed by atoms with Gasteiger partial charge >= 0.3 is 0 Å². The van der Waals surface area contributed by atoms with Crippen molar-refractivity contribution in [3.8, 4) is 5.75 Å². The molecule has 1 atom stereocenters. The third kappa shape index (κ3) is 6.52. The van der Waals surface area contributed by atoms with E-state index in [9.17, 15) is 4.79 Å². The molecule has 2 rings (SSSR count). The second-order valence-corrected chi connectivity index (χ2v) is 7.72. The largest absolute Gasteiger partial charge is 0.494 e. The lowest BCUT2D eigenvalue weighted by molar-refractivity contribution is -0.121. The van der Waals surface area contributed by atoms with Crippen molar-refractivity contribution in [3.05, 3.63) is 29.8 Å². The predicted octanol–water partition coefficient (Wildman–Crippen LogP) is 3.26. The van der Waals surface area contributed by atoms with Crippen molar-refractivity contribution in [1.82, 2.24) is 10.6 Å². The molecule has 1 unspecified atom stereocenters. The van der Waals surface area contributed by atoms with E-state index in [-0.39, 0.29) is 11.3 Å². The first kappa shape index (κ1) is 18.8. The number of carbonyl (C=O) groups excluding carboxylic acids is 1. The Morgan fingerprint density at radius 2 is 2.04 bits per heavy atom. The molecule has 1 saturated heterocycles. The molecule has 1 fully saturated rings. The van der Waals surface area contributed by atoms with Crippen LogP contribution in [0.2, 0.25) is 0 Å². The average Bonchev–Trinajstić information content (AvgIpc) is 3.04. The summed E-state index contributed by atoms with van der Waals surface area (Å²) < 4.78 is 5.72. The maximum atomic E-state index is 11.8. The van der Waals surface area contributed by atoms with E-state index >= 15 is 0 Å². The summed E-state index contributed by atoms with van der Waals surface area (Å²) in [5, 5.41) is 6.36. The fraction of sp³-hybridized carbons (Fsp3) is 0.650. The molecule has 0 spiro atoms. The normalized spacial score (nSPS) is 17.7. The Labute approximate surface area is 146 Å². The van der Waals surface area contributed by atoms with Crippen LogP contribution in [0.5, 0.6) is 5.75 Å². The highest BCUT2D eigenvalue weighted by atomic mass is 16.5. The van der Waals surface area contributed by atoms with Crippen LogP contribution in [0, 0.1) is 5.92 Å². The lowest BCUT2D eigenvalue weighted by atomic mass is 9.87. The molecular weight excluding hydrogens is 300 g/mol. The van der Waals surface area contributed by atoms with Gasteiger partial charge in [-0.25, -0.2) is 0 Å². The van der Waals surface area contributed by atoms with E-state index in [2.05, 4.69) is 43.5 Å². The Kier molecular flexibility index (Phi) is 7.10. The number of hydrogen-bond donors (Lipinski definition) is 2. The van der Waals surface area contributed by atoms with Crippen molar-refractivity contribution >= 4 is 5.91 Å². The van der Waals surface area contributed by atoms with Crippen molar-refractivity contribution in [2.45, 2.75) is 51.9 Å². The highest BCUT2D eigenvalue weighted by molar-refractivity contribution is 5.75. The van der Waals surface area contributed by atoms with Gasteiger partial charge in [0.25, 0.3) is 0 Å². The molecule has 0 bridgehead atoms. The van der Waals surface area contributed by atoms with E-state index in [1.54, 1.807) is 0 Å². The molecule has 1 aliphatic rings. The number of carbonyl (C=O) groups is 1. The van der Waals surface area contributed by atoms with Gasteiger partial charge in [-0.1, -0.05) is 32.9 Å². The standard InChI is InChI=1S/C20H32N2O2/c1-20(2,3)17-6-8-18(9-7-17)24-14-4-5-19(23)22-13-11-16-10-12-21-15-16/h6-9,16,21H,4-5,10-15H2,1-3H3,(H,22,23). The Morgan fingerprint density at radius 3 is 2.67 bits per heavy atom. The lowest BCUT2D eigenvalue weighted by Crippen LogP contribution is -2.26. The zero-order valence-corrected chi connectivity index (χ0v) is 15.4. The number of nitrogens with one attached hydrogen (secondary N) is 2. The summed E-state index contributed by atoms with van der Waals surface area (Å²) in [5.41, 5.74) is 1.46. The first-order valence-electron chi connectivity index (χ1n) is 9.16. The zero-order valence-electron chi connectivity index (χ0n) is 15.4. The van der Waals surface area contributed by atoms with E-state index in [0.717, 1.165) is 44.1 Å². The molecule has 1 aromatic rings. The van der Waals surface area contributed by atoms with Gasteiger partial charge in [0.2, 0.25) is 5.91 Å². The van der Waals surface area contributed by atoms with Crippen molar-refractivity contribution in [2.24, 2.45) is 5.92 Å². The zero-order chi connectivity index (χ0) is 17.4. The fourth-order valence-corrected chi connectivity index (χ4v) is 2.94. The predicted molar refractivity (Wildman–Crippen MR) is 98.5 cm³/mol. The summed E-state index contributed by atoms with van der Waals surface area (Å²) in [6.07, 6.45) is 3.59. The van der Waals surface area contributed by atoms with E-state index in [1.165, 1.54) is 12.0 Å². The van der Waals surface area contributed by atoms with Gasteiger partial charge in [-0.3, -0.25) is 4.79 Å². The second kappa shape index (κ2) is 9.07. The first-order valence-corrected chi connectivity index (χ1v) is 9.16. The van der Waals surface area contributed by atoms with E-state index in [0.29, 0.717) is 13.0 Å². The first-order chi connectivity index (χ1) is 11.4. The van der Waals surface area contributed by atoms with Gasteiger partial charge in [0.05, 0.1) is 6.61 Å². The molecule has 0 radical (unpaired) electrons. The summed E-state index contributed by atoms with van der Waals surface area (Å²) in [6, 6.07) is 8.24. The van der Waals surface area contributed by atoms with Crippen LogP contribution in [0.25, 0.3) is 0 Å². The highest BCUT2D eigenvalue weighted by Gasteiger charge is 2.14. The number of amides is 1. The van der Waals surface area contributed by atoms with Crippen molar-refractivity contribution in [3.63, 3.8) is 0 Å². The third-order valence-corrected chi connectivity index (χ3v) is 4.57. The molecule has 1 amide bonds. The minimum absolute atomic E-state index is 0.132. The summed E-state index contributed by atoms with van der Waals surface area (Å²) >= 11 is 0. The SMILES string of the molecule is CC(C)(C)c1ccc(OCCCC(=O)NCCC2CCNC2)cc1. The van der Waals surface area contributed by atoms with E-state index < -0.39 is 0 Å². The number of benzene rings is 1. The van der Waals surface area contributed by atoms with E-state index in [4.69, 9.17) is 4.74 Å². The smallest absolute Gasteiger partial charge is 0.220 e. The number of ether oxygens (including phenoxy) is 1. The number of rotatable bonds is 8. The van der Waals surface area contributed by atoms with Gasteiger partial charge in [-0.15, -0.1) is 0 Å². The van der Waals surface area contributed by atoms with Gasteiger partial charge < -0.3 is 15.4 Å². The molecule has 134 valence electrons. The maximum Gasteiger partial charge on any atom is 0.220 e. The average molecular weight is 332 g/mol. The van der Waals surface area contributed by atoms with E-state index in [1.807, 2.05) is 12.1 Å². The summed E-state index contributed by atoms with van der Waals surface area (Å²) in [4.78, 5) is 11.8. The second-order valence-electron chi connectivity index (χ2n) is 7.72. The van der Waals surface area contributed by atoms with Gasteiger partial charge in [-0.05, 0) is 61.4 Å². The summed E-state index contributed by atoms with van der Waals surface area (Å²) in [7, 11) is 0. The molecule has 0 aliphatic carbocycles. The summed E-state index contributed by atoms with van der Waals surface area (Å²) in [5.74, 6) is 1.73. The van der Waals surface area contributed by atoms with Crippen LogP contribution in [-0.4, -0.2) is 32.1 Å². The van der Waals surface area contributed by atoms with Crippen LogP contribution < -0.4 is 15.4 Å². The van der Waals surface area contributed by atoms with Crippen molar-refractivity contribution in [1.29, 1.82) is 0 Å². The summed E-state index contributed by atoms with van der Waals surface area (Å²) in [6.45, 7) is 10.2. The molecule has 4 nitrogen and oxygen atoms in total. The molecule has 24 heavy (non-hydrogen) atoms. The Bertz CT molecular complexity index is 499. The fourth-order valence-electron chi connectivity index (χ4n) is 2.94. The minimum atomic E-state index is 0.132. The maximum absolute atomic E-state index is 11.8. The molecule has 1 heterocycles. The van der Waals surface area contributed by atoms with Crippen LogP contribution in [-0.2, 0) is 10.2 Å². The lowest BCUT2D eigenvalue weighted by Gasteiger charge is -2.19. The topological polar surface area (TPSA) is 50.4 Å². The Hall–Kier alpha value is -1.55. The molecule has 0 aromatic heterocycles. The van der Waals surface area contributed by atoms with Crippen LogP contribution in [0.15, 0.2) is 24.3 Å². The quantitative estimate of drug-likeness (QED) is 0.719. The Morgan fingerprint density at radius 1 is 1.29 bits per heavy atom. The Balaban J connectivity index is 1.56. The van der Waals surface area contributed by atoms with Crippen LogP contribution in [0.1, 0.15) is 52.0 Å². The van der Waals surface area contributed by atoms with Gasteiger partial charge in [0, 0.05) is 13.0 Å². The van der Waals surface area contributed by atoms with Crippen LogP contribution in [0.3, 0.4) is 0 Å². The molecule has 1 aromatic carbocycles. The molecule has 0 saturated carbocycles. The van der Waals surface area contributed by atoms with Gasteiger partial charge in [-0.2, -0.15) is 0 Å². The van der Waals surface area contributed by atoms with Crippen molar-refractivity contribution < 1.29 is 9.53 Å². The van der Waals surface area contributed by atoms with Crippen LogP contribution in [0.4, 0.5) is 0 Å². The minimum Gasteiger partial charge on any atom is -0.494 e. The molecule has 1 aliphatic heterocycles. The van der Waals surface area contributed by atoms with Crippen molar-refractivity contribution in [2.75, 3.05) is 26.2 Å². The molecule has 2 N–H and O–H groups in total.